The second kappa shape index (κ2) is 4.71. The summed E-state index contributed by atoms with van der Waals surface area (Å²) in [6.07, 6.45) is 1.98. The van der Waals surface area contributed by atoms with E-state index < -0.39 is 0 Å². The monoisotopic (exact) mass is 222 g/mol. The summed E-state index contributed by atoms with van der Waals surface area (Å²) in [6, 6.07) is 8.19. The van der Waals surface area contributed by atoms with Crippen LogP contribution in [0, 0.1) is 0 Å². The molecule has 1 heterocycles. The molecule has 0 aromatic heterocycles. The van der Waals surface area contributed by atoms with Crippen molar-refractivity contribution in [2.45, 2.75) is 30.8 Å². The molecule has 2 rings (SSSR count). The number of fused-ring (bicyclic) bond motifs is 1. The van der Waals surface area contributed by atoms with Crippen LogP contribution in [0.1, 0.15) is 31.4 Å². The Morgan fingerprint density at radius 3 is 3.07 bits per heavy atom. The van der Waals surface area contributed by atoms with Gasteiger partial charge in [0.1, 0.15) is 6.10 Å². The summed E-state index contributed by atoms with van der Waals surface area (Å²) in [5.41, 5.74) is 1.16. The van der Waals surface area contributed by atoms with E-state index in [-0.39, 0.29) is 12.1 Å². The molecule has 0 N–H and O–H groups in total. The van der Waals surface area contributed by atoms with Crippen LogP contribution in [0.2, 0.25) is 0 Å². The van der Waals surface area contributed by atoms with Gasteiger partial charge in [0.15, 0.2) is 0 Å². The number of benzene rings is 1. The fourth-order valence-electron chi connectivity index (χ4n) is 1.81. The quantitative estimate of drug-likeness (QED) is 0.683. The van der Waals surface area contributed by atoms with Crippen molar-refractivity contribution < 1.29 is 9.53 Å². The van der Waals surface area contributed by atoms with E-state index in [4.69, 9.17) is 4.74 Å². The number of esters is 1. The van der Waals surface area contributed by atoms with Gasteiger partial charge in [0, 0.05) is 17.4 Å². The summed E-state index contributed by atoms with van der Waals surface area (Å²) in [5, 5.41) is 0. The molecule has 80 valence electrons. The van der Waals surface area contributed by atoms with Crippen LogP contribution >= 0.6 is 11.8 Å². The summed E-state index contributed by atoms with van der Waals surface area (Å²) >= 11 is 1.85. The Morgan fingerprint density at radius 2 is 2.27 bits per heavy atom. The minimum atomic E-state index is -0.193. The molecule has 0 aliphatic carbocycles. The van der Waals surface area contributed by atoms with Crippen LogP contribution in [-0.4, -0.2) is 11.7 Å². The van der Waals surface area contributed by atoms with E-state index in [0.29, 0.717) is 0 Å². The van der Waals surface area contributed by atoms with Gasteiger partial charge in [-0.2, -0.15) is 0 Å². The van der Waals surface area contributed by atoms with Crippen molar-refractivity contribution in [1.29, 1.82) is 0 Å². The molecule has 1 aromatic carbocycles. The average molecular weight is 222 g/mol. The summed E-state index contributed by atoms with van der Waals surface area (Å²) in [6.45, 7) is 1.47. The van der Waals surface area contributed by atoms with Crippen LogP contribution in [0.4, 0.5) is 0 Å². The molecule has 0 bridgehead atoms. The highest BCUT2D eigenvalue weighted by Gasteiger charge is 2.20. The highest BCUT2D eigenvalue weighted by Crippen LogP contribution is 2.36. The van der Waals surface area contributed by atoms with Gasteiger partial charge in [0.25, 0.3) is 0 Å². The Labute approximate surface area is 94.0 Å². The maximum Gasteiger partial charge on any atom is 0.303 e. The zero-order chi connectivity index (χ0) is 10.7. The second-order valence-corrected chi connectivity index (χ2v) is 4.76. The van der Waals surface area contributed by atoms with Gasteiger partial charge in [-0.15, -0.1) is 11.8 Å². The lowest BCUT2D eigenvalue weighted by Crippen LogP contribution is -2.08. The lowest BCUT2D eigenvalue weighted by molar-refractivity contribution is -0.147. The number of hydrogen-bond acceptors (Lipinski definition) is 3. The molecule has 0 saturated heterocycles. The fourth-order valence-corrected chi connectivity index (χ4v) is 2.88. The van der Waals surface area contributed by atoms with Gasteiger partial charge < -0.3 is 4.74 Å². The Kier molecular flexibility index (Phi) is 3.31. The predicted molar refractivity (Wildman–Crippen MR) is 60.9 cm³/mol. The molecule has 1 aliphatic heterocycles. The molecule has 0 amide bonds. The smallest absolute Gasteiger partial charge is 0.303 e. The number of thioether (sulfide) groups is 1. The Hall–Kier alpha value is -0.960. The van der Waals surface area contributed by atoms with Crippen molar-refractivity contribution >= 4 is 17.7 Å². The Morgan fingerprint density at radius 1 is 1.47 bits per heavy atom. The molecule has 0 spiro atoms. The van der Waals surface area contributed by atoms with E-state index in [1.165, 1.54) is 11.8 Å². The third kappa shape index (κ3) is 2.53. The minimum Gasteiger partial charge on any atom is -0.458 e. The summed E-state index contributed by atoms with van der Waals surface area (Å²) in [4.78, 5) is 12.3. The minimum absolute atomic E-state index is 0.0475. The van der Waals surface area contributed by atoms with E-state index in [2.05, 4.69) is 12.1 Å². The van der Waals surface area contributed by atoms with E-state index in [1.807, 2.05) is 23.9 Å². The van der Waals surface area contributed by atoms with Gasteiger partial charge in [0.2, 0.25) is 0 Å². The van der Waals surface area contributed by atoms with E-state index in [9.17, 15) is 4.79 Å². The third-order valence-electron chi connectivity index (χ3n) is 2.44. The first kappa shape index (κ1) is 10.6. The highest BCUT2D eigenvalue weighted by molar-refractivity contribution is 7.99. The molecule has 0 saturated carbocycles. The second-order valence-electron chi connectivity index (χ2n) is 3.63. The molecule has 1 unspecified atom stereocenters. The fraction of sp³-hybridized carbons (Fsp3) is 0.417. The van der Waals surface area contributed by atoms with E-state index in [0.717, 1.165) is 24.2 Å². The number of carbonyl (C=O) groups excluding carboxylic acids is 1. The highest BCUT2D eigenvalue weighted by atomic mass is 32.2. The molecule has 0 fully saturated rings. The number of carbonyl (C=O) groups is 1. The number of hydrogen-bond donors (Lipinski definition) is 0. The van der Waals surface area contributed by atoms with Gasteiger partial charge in [-0.25, -0.2) is 0 Å². The van der Waals surface area contributed by atoms with Crippen molar-refractivity contribution in [3.05, 3.63) is 29.8 Å². The molecular weight excluding hydrogens is 208 g/mol. The van der Waals surface area contributed by atoms with Crippen molar-refractivity contribution in [3.8, 4) is 0 Å². The number of ether oxygens (including phenoxy) is 1. The largest absolute Gasteiger partial charge is 0.458 e. The molecule has 0 radical (unpaired) electrons. The topological polar surface area (TPSA) is 26.3 Å². The first-order valence-electron chi connectivity index (χ1n) is 5.16. The van der Waals surface area contributed by atoms with Crippen LogP contribution in [0.5, 0.6) is 0 Å². The zero-order valence-corrected chi connectivity index (χ0v) is 9.55. The lowest BCUT2D eigenvalue weighted by Gasteiger charge is -2.16. The standard InChI is InChI=1S/C12H14O2S/c1-9(13)14-11-6-4-8-15-12-7-3-2-5-10(11)12/h2-3,5,7,11H,4,6,8H2,1H3. The average Bonchev–Trinajstić information content (AvgIpc) is 2.41. The Balaban J connectivity index is 2.28. The van der Waals surface area contributed by atoms with Crippen LogP contribution in [0.15, 0.2) is 29.2 Å². The summed E-state index contributed by atoms with van der Waals surface area (Å²) in [5.74, 6) is 0.913. The van der Waals surface area contributed by atoms with Gasteiger partial charge in [-0.3, -0.25) is 4.79 Å². The van der Waals surface area contributed by atoms with E-state index >= 15 is 0 Å². The lowest BCUT2D eigenvalue weighted by atomic mass is 10.1. The molecule has 3 heteroatoms. The van der Waals surface area contributed by atoms with Crippen LogP contribution < -0.4 is 0 Å². The van der Waals surface area contributed by atoms with Crippen molar-refractivity contribution in [1.82, 2.24) is 0 Å². The Bertz CT molecular complexity index is 362. The number of rotatable bonds is 1. The predicted octanol–water partition coefficient (Wildman–Crippen LogP) is 3.18. The normalized spacial score (nSPS) is 20.2. The third-order valence-corrected chi connectivity index (χ3v) is 3.62. The van der Waals surface area contributed by atoms with E-state index in [1.54, 1.807) is 0 Å². The van der Waals surface area contributed by atoms with Crippen LogP contribution in [0.3, 0.4) is 0 Å². The molecule has 1 atom stereocenters. The summed E-state index contributed by atoms with van der Waals surface area (Å²) in [7, 11) is 0. The van der Waals surface area contributed by atoms with Gasteiger partial charge in [0.05, 0.1) is 0 Å². The van der Waals surface area contributed by atoms with Gasteiger partial charge in [-0.05, 0) is 24.7 Å². The maximum absolute atomic E-state index is 11.0. The first-order valence-corrected chi connectivity index (χ1v) is 6.15. The summed E-state index contributed by atoms with van der Waals surface area (Å²) < 4.78 is 5.35. The maximum atomic E-state index is 11.0. The zero-order valence-electron chi connectivity index (χ0n) is 8.73. The van der Waals surface area contributed by atoms with Crippen molar-refractivity contribution in [3.63, 3.8) is 0 Å². The molecule has 15 heavy (non-hydrogen) atoms. The van der Waals surface area contributed by atoms with Crippen molar-refractivity contribution in [2.24, 2.45) is 0 Å². The van der Waals surface area contributed by atoms with Crippen LogP contribution in [-0.2, 0) is 9.53 Å². The molecule has 1 aromatic rings. The molecule has 1 aliphatic rings. The van der Waals surface area contributed by atoms with Gasteiger partial charge >= 0.3 is 5.97 Å². The van der Waals surface area contributed by atoms with Gasteiger partial charge in [-0.1, -0.05) is 18.2 Å². The van der Waals surface area contributed by atoms with Crippen LogP contribution in [0.25, 0.3) is 0 Å². The molecular formula is C12H14O2S. The first-order chi connectivity index (χ1) is 7.27. The molecule has 2 nitrogen and oxygen atoms in total. The SMILES string of the molecule is CC(=O)OC1CCCSc2ccccc21. The van der Waals surface area contributed by atoms with Crippen molar-refractivity contribution in [2.75, 3.05) is 5.75 Å².